The molecular formula is C21H15N3O2. The maximum absolute atomic E-state index is 9.45. The molecule has 0 spiro atoms. The number of para-hydroxylation sites is 1. The Balaban J connectivity index is 1.71. The smallest absolute Gasteiger partial charge is 0.231 e. The van der Waals surface area contributed by atoms with Gasteiger partial charge in [0.25, 0.3) is 0 Å². The number of hydrogen-bond acceptors (Lipinski definition) is 5. The molecule has 1 aliphatic rings. The first-order valence-corrected chi connectivity index (χ1v) is 8.32. The van der Waals surface area contributed by atoms with Gasteiger partial charge in [-0.15, -0.1) is 0 Å². The maximum atomic E-state index is 9.45. The molecule has 0 aliphatic carbocycles. The van der Waals surface area contributed by atoms with Crippen molar-refractivity contribution in [1.29, 1.82) is 10.5 Å². The third-order valence-corrected chi connectivity index (χ3v) is 4.59. The van der Waals surface area contributed by atoms with E-state index < -0.39 is 5.92 Å². The summed E-state index contributed by atoms with van der Waals surface area (Å²) in [6, 6.07) is 21.7. The minimum Gasteiger partial charge on any atom is -0.454 e. The summed E-state index contributed by atoms with van der Waals surface area (Å²) in [6.07, 6.45) is 0.496. The van der Waals surface area contributed by atoms with Crippen molar-refractivity contribution < 1.29 is 9.47 Å². The van der Waals surface area contributed by atoms with Crippen LogP contribution in [0.25, 0.3) is 10.9 Å². The molecule has 4 rings (SSSR count). The molecule has 5 nitrogen and oxygen atoms in total. The van der Waals surface area contributed by atoms with Crippen LogP contribution >= 0.6 is 0 Å². The zero-order chi connectivity index (χ0) is 17.9. The lowest BCUT2D eigenvalue weighted by atomic mass is 9.84. The predicted octanol–water partition coefficient (Wildman–Crippen LogP) is 3.95. The van der Waals surface area contributed by atoms with Crippen LogP contribution in [0.1, 0.15) is 17.2 Å². The molecule has 0 bridgehead atoms. The van der Waals surface area contributed by atoms with Crippen LogP contribution in [0.5, 0.6) is 11.5 Å². The highest BCUT2D eigenvalue weighted by molar-refractivity contribution is 5.78. The predicted molar refractivity (Wildman–Crippen MR) is 95.5 cm³/mol. The lowest BCUT2D eigenvalue weighted by molar-refractivity contribution is 0.174. The van der Waals surface area contributed by atoms with Crippen LogP contribution in [-0.4, -0.2) is 11.8 Å². The van der Waals surface area contributed by atoms with Crippen molar-refractivity contribution in [3.8, 4) is 23.6 Å². The largest absolute Gasteiger partial charge is 0.454 e. The third-order valence-electron chi connectivity index (χ3n) is 4.59. The van der Waals surface area contributed by atoms with Crippen LogP contribution in [0.15, 0.2) is 54.6 Å². The summed E-state index contributed by atoms with van der Waals surface area (Å²) in [5, 5.41) is 20.0. The Bertz CT molecular complexity index is 1040. The molecule has 3 aromatic rings. The minimum atomic E-state index is -0.774. The molecule has 126 valence electrons. The highest BCUT2D eigenvalue weighted by Crippen LogP contribution is 2.37. The lowest BCUT2D eigenvalue weighted by Crippen LogP contribution is -2.13. The molecule has 2 heterocycles. The SMILES string of the molecule is N#CC(C#N)C(Cc1ccc2ccccc2n1)c1ccc2c(c1)OCO2. The Morgan fingerprint density at radius 1 is 0.962 bits per heavy atom. The molecule has 1 atom stereocenters. The summed E-state index contributed by atoms with van der Waals surface area (Å²) in [7, 11) is 0. The zero-order valence-electron chi connectivity index (χ0n) is 13.9. The second kappa shape index (κ2) is 6.74. The molecule has 0 N–H and O–H groups in total. The van der Waals surface area contributed by atoms with Gasteiger partial charge in [-0.25, -0.2) is 0 Å². The van der Waals surface area contributed by atoms with Crippen molar-refractivity contribution in [2.75, 3.05) is 6.79 Å². The first-order valence-electron chi connectivity index (χ1n) is 8.32. The topological polar surface area (TPSA) is 78.9 Å². The number of nitriles is 2. The van der Waals surface area contributed by atoms with Gasteiger partial charge in [0.15, 0.2) is 11.5 Å². The van der Waals surface area contributed by atoms with Crippen molar-refractivity contribution >= 4 is 10.9 Å². The number of hydrogen-bond donors (Lipinski definition) is 0. The van der Waals surface area contributed by atoms with Crippen molar-refractivity contribution in [3.63, 3.8) is 0 Å². The summed E-state index contributed by atoms with van der Waals surface area (Å²) in [5.41, 5.74) is 2.62. The van der Waals surface area contributed by atoms with E-state index in [1.54, 1.807) is 0 Å². The van der Waals surface area contributed by atoms with Gasteiger partial charge in [0, 0.05) is 17.0 Å². The quantitative estimate of drug-likeness (QED) is 0.718. The van der Waals surface area contributed by atoms with Gasteiger partial charge < -0.3 is 9.47 Å². The Morgan fingerprint density at radius 2 is 1.77 bits per heavy atom. The second-order valence-corrected chi connectivity index (χ2v) is 6.15. The van der Waals surface area contributed by atoms with Crippen LogP contribution in [0, 0.1) is 28.6 Å². The van der Waals surface area contributed by atoms with E-state index in [0.717, 1.165) is 22.2 Å². The Morgan fingerprint density at radius 3 is 2.62 bits per heavy atom. The fraction of sp³-hybridized carbons (Fsp3) is 0.190. The summed E-state index contributed by atoms with van der Waals surface area (Å²) in [4.78, 5) is 4.69. The van der Waals surface area contributed by atoms with Gasteiger partial charge in [0.1, 0.15) is 5.92 Å². The highest BCUT2D eigenvalue weighted by Gasteiger charge is 2.26. The van der Waals surface area contributed by atoms with Crippen LogP contribution in [0.4, 0.5) is 0 Å². The monoisotopic (exact) mass is 341 g/mol. The van der Waals surface area contributed by atoms with E-state index in [4.69, 9.17) is 9.47 Å². The van der Waals surface area contributed by atoms with E-state index in [1.165, 1.54) is 0 Å². The van der Waals surface area contributed by atoms with Crippen molar-refractivity contribution in [2.24, 2.45) is 5.92 Å². The van der Waals surface area contributed by atoms with Crippen LogP contribution in [-0.2, 0) is 6.42 Å². The van der Waals surface area contributed by atoms with E-state index in [2.05, 4.69) is 17.1 Å². The average molecular weight is 341 g/mol. The third kappa shape index (κ3) is 2.92. The van der Waals surface area contributed by atoms with Gasteiger partial charge in [0.2, 0.25) is 6.79 Å². The summed E-state index contributed by atoms with van der Waals surface area (Å²) in [6.45, 7) is 0.190. The summed E-state index contributed by atoms with van der Waals surface area (Å²) >= 11 is 0. The number of ether oxygens (including phenoxy) is 2. The molecule has 0 fully saturated rings. The number of nitrogens with zero attached hydrogens (tertiary/aromatic N) is 3. The summed E-state index contributed by atoms with van der Waals surface area (Å²) in [5.74, 6) is 0.257. The molecule has 1 unspecified atom stereocenters. The Labute approximate surface area is 151 Å². The number of pyridine rings is 1. The molecule has 26 heavy (non-hydrogen) atoms. The number of fused-ring (bicyclic) bond motifs is 2. The van der Waals surface area contributed by atoms with Gasteiger partial charge in [-0.3, -0.25) is 4.98 Å². The highest BCUT2D eigenvalue weighted by atomic mass is 16.7. The van der Waals surface area contributed by atoms with Crippen molar-refractivity contribution in [2.45, 2.75) is 12.3 Å². The van der Waals surface area contributed by atoms with Crippen LogP contribution in [0.2, 0.25) is 0 Å². The van der Waals surface area contributed by atoms with Crippen molar-refractivity contribution in [1.82, 2.24) is 4.98 Å². The van der Waals surface area contributed by atoms with E-state index >= 15 is 0 Å². The Hall–Kier alpha value is -3.57. The molecule has 0 amide bonds. The first-order chi connectivity index (χ1) is 12.8. The normalized spacial score (nSPS) is 13.3. The first kappa shape index (κ1) is 15.9. The minimum absolute atomic E-state index is 0.190. The number of rotatable bonds is 4. The zero-order valence-corrected chi connectivity index (χ0v) is 13.9. The Kier molecular flexibility index (Phi) is 4.13. The van der Waals surface area contributed by atoms with Gasteiger partial charge in [-0.1, -0.05) is 30.3 Å². The van der Waals surface area contributed by atoms with Crippen LogP contribution < -0.4 is 9.47 Å². The second-order valence-electron chi connectivity index (χ2n) is 6.15. The fourth-order valence-corrected chi connectivity index (χ4v) is 3.23. The van der Waals surface area contributed by atoms with Crippen molar-refractivity contribution in [3.05, 3.63) is 65.9 Å². The number of benzene rings is 2. The maximum Gasteiger partial charge on any atom is 0.231 e. The number of aromatic nitrogens is 1. The van der Waals surface area contributed by atoms with E-state index in [9.17, 15) is 10.5 Å². The van der Waals surface area contributed by atoms with Gasteiger partial charge in [0.05, 0.1) is 17.7 Å². The van der Waals surface area contributed by atoms with E-state index in [1.807, 2.05) is 54.6 Å². The molecule has 5 heteroatoms. The van der Waals surface area contributed by atoms with Gasteiger partial charge in [-0.2, -0.15) is 10.5 Å². The lowest BCUT2D eigenvalue weighted by Gasteiger charge is -2.18. The van der Waals surface area contributed by atoms with Crippen LogP contribution in [0.3, 0.4) is 0 Å². The van der Waals surface area contributed by atoms with E-state index in [-0.39, 0.29) is 12.7 Å². The molecular weight excluding hydrogens is 326 g/mol. The fourth-order valence-electron chi connectivity index (χ4n) is 3.23. The standard InChI is InChI=1S/C21H15N3O2/c22-11-16(12-23)18(15-6-8-20-21(9-15)26-13-25-20)10-17-7-5-14-3-1-2-4-19(14)24-17/h1-9,16,18H,10,13H2. The molecule has 1 aromatic heterocycles. The average Bonchev–Trinajstić information content (AvgIpc) is 3.16. The summed E-state index contributed by atoms with van der Waals surface area (Å²) < 4.78 is 10.8. The molecule has 0 saturated heterocycles. The van der Waals surface area contributed by atoms with Gasteiger partial charge in [-0.05, 0) is 36.2 Å². The molecule has 0 saturated carbocycles. The molecule has 0 radical (unpaired) electrons. The van der Waals surface area contributed by atoms with Gasteiger partial charge >= 0.3 is 0 Å². The van der Waals surface area contributed by atoms with E-state index in [0.29, 0.717) is 17.9 Å². The molecule has 2 aromatic carbocycles. The molecule has 1 aliphatic heterocycles.